The van der Waals surface area contributed by atoms with E-state index in [0.717, 1.165) is 18.1 Å². The van der Waals surface area contributed by atoms with Crippen LogP contribution in [0, 0.1) is 0 Å². The number of benzene rings is 1. The van der Waals surface area contributed by atoms with Crippen LogP contribution in [0.3, 0.4) is 0 Å². The Bertz CT molecular complexity index is 442. The number of nitrogens with one attached hydrogen (secondary N) is 1. The summed E-state index contributed by atoms with van der Waals surface area (Å²) < 4.78 is 0. The number of piperidine rings is 1. The zero-order valence-electron chi connectivity index (χ0n) is 13.5. The van der Waals surface area contributed by atoms with Crippen molar-refractivity contribution in [1.29, 1.82) is 0 Å². The van der Waals surface area contributed by atoms with Crippen molar-refractivity contribution >= 4 is 17.3 Å². The third-order valence-corrected chi connectivity index (χ3v) is 4.91. The maximum absolute atomic E-state index is 6.42. The van der Waals surface area contributed by atoms with Gasteiger partial charge in [0.1, 0.15) is 0 Å². The molecule has 1 saturated heterocycles. The molecule has 1 aromatic rings. The molecule has 0 atom stereocenters. The highest BCUT2D eigenvalue weighted by Crippen LogP contribution is 2.27. The molecule has 3 nitrogen and oxygen atoms in total. The molecule has 21 heavy (non-hydrogen) atoms. The molecule has 2 rings (SSSR count). The van der Waals surface area contributed by atoms with E-state index in [1.165, 1.54) is 43.7 Å². The van der Waals surface area contributed by atoms with E-state index in [0.29, 0.717) is 6.04 Å². The van der Waals surface area contributed by atoms with E-state index in [-0.39, 0.29) is 0 Å². The first-order valence-corrected chi connectivity index (χ1v) is 8.47. The third kappa shape index (κ3) is 4.35. The normalized spacial score (nSPS) is 17.1. The van der Waals surface area contributed by atoms with Gasteiger partial charge in [-0.25, -0.2) is 0 Å². The van der Waals surface area contributed by atoms with Gasteiger partial charge in [0.25, 0.3) is 0 Å². The van der Waals surface area contributed by atoms with E-state index in [4.69, 9.17) is 11.6 Å². The van der Waals surface area contributed by atoms with Gasteiger partial charge in [-0.1, -0.05) is 31.5 Å². The number of hydrogen-bond acceptors (Lipinski definition) is 3. The van der Waals surface area contributed by atoms with Gasteiger partial charge >= 0.3 is 0 Å². The number of likely N-dealkylation sites (tertiary alicyclic amines) is 1. The largest absolute Gasteiger partial charge is 0.371 e. The van der Waals surface area contributed by atoms with Crippen LogP contribution in [0.15, 0.2) is 18.2 Å². The summed E-state index contributed by atoms with van der Waals surface area (Å²) >= 11 is 6.42. The first-order valence-electron chi connectivity index (χ1n) is 8.10. The van der Waals surface area contributed by atoms with Gasteiger partial charge in [0.2, 0.25) is 0 Å². The molecule has 118 valence electrons. The molecular weight excluding hydrogens is 282 g/mol. The quantitative estimate of drug-likeness (QED) is 0.869. The van der Waals surface area contributed by atoms with E-state index in [1.807, 2.05) is 0 Å². The van der Waals surface area contributed by atoms with Crippen LogP contribution in [-0.2, 0) is 6.54 Å². The number of halogens is 1. The van der Waals surface area contributed by atoms with Crippen LogP contribution in [0.2, 0.25) is 5.02 Å². The lowest BCUT2D eigenvalue weighted by molar-refractivity contribution is 0.221. The fourth-order valence-corrected chi connectivity index (χ4v) is 3.23. The van der Waals surface area contributed by atoms with Gasteiger partial charge in [0.15, 0.2) is 0 Å². The van der Waals surface area contributed by atoms with Crippen LogP contribution >= 0.6 is 11.6 Å². The van der Waals surface area contributed by atoms with Crippen LogP contribution in [0.5, 0.6) is 0 Å². The van der Waals surface area contributed by atoms with Gasteiger partial charge in [-0.3, -0.25) is 0 Å². The molecule has 0 saturated carbocycles. The zero-order valence-corrected chi connectivity index (χ0v) is 14.3. The first-order chi connectivity index (χ1) is 10.2. The molecular formula is C17H28ClN3. The highest BCUT2D eigenvalue weighted by Gasteiger charge is 2.22. The molecule has 0 unspecified atom stereocenters. The molecule has 0 amide bonds. The summed E-state index contributed by atoms with van der Waals surface area (Å²) in [6.07, 6.45) is 2.47. The minimum Gasteiger partial charge on any atom is -0.371 e. The van der Waals surface area contributed by atoms with Crippen molar-refractivity contribution in [1.82, 2.24) is 10.2 Å². The summed E-state index contributed by atoms with van der Waals surface area (Å²) in [5.74, 6) is 0. The molecule has 1 aliphatic rings. The van der Waals surface area contributed by atoms with Crippen LogP contribution < -0.4 is 10.2 Å². The van der Waals surface area contributed by atoms with Gasteiger partial charge in [-0.15, -0.1) is 0 Å². The minimum atomic E-state index is 0.628. The molecule has 0 aliphatic carbocycles. The standard InChI is InChI=1S/C17H28ClN3/c1-4-19-13-14-6-7-16(12-17(14)18)20(3)15-8-10-21(5-2)11-9-15/h6-7,12,15,19H,4-5,8-11,13H2,1-3H3. The Kier molecular flexibility index (Phi) is 6.34. The van der Waals surface area contributed by atoms with Gasteiger partial charge in [0.05, 0.1) is 0 Å². The van der Waals surface area contributed by atoms with Crippen molar-refractivity contribution in [2.24, 2.45) is 0 Å². The Morgan fingerprint density at radius 3 is 2.57 bits per heavy atom. The number of anilines is 1. The summed E-state index contributed by atoms with van der Waals surface area (Å²) in [5.41, 5.74) is 2.41. The fourth-order valence-electron chi connectivity index (χ4n) is 2.99. The molecule has 4 heteroatoms. The number of rotatable bonds is 6. The predicted octanol–water partition coefficient (Wildman–Crippen LogP) is 3.37. The highest BCUT2D eigenvalue weighted by atomic mass is 35.5. The molecule has 0 radical (unpaired) electrons. The Balaban J connectivity index is 1.99. The van der Waals surface area contributed by atoms with Gasteiger partial charge < -0.3 is 15.1 Å². The second-order valence-corrected chi connectivity index (χ2v) is 6.24. The third-order valence-electron chi connectivity index (χ3n) is 4.56. The fraction of sp³-hybridized carbons (Fsp3) is 0.647. The maximum Gasteiger partial charge on any atom is 0.0471 e. The van der Waals surface area contributed by atoms with Crippen LogP contribution in [0.1, 0.15) is 32.3 Å². The second-order valence-electron chi connectivity index (χ2n) is 5.83. The summed E-state index contributed by atoms with van der Waals surface area (Å²) in [6, 6.07) is 7.09. The van der Waals surface area contributed by atoms with Crippen LogP contribution in [0.4, 0.5) is 5.69 Å². The lowest BCUT2D eigenvalue weighted by Crippen LogP contribution is -2.43. The summed E-state index contributed by atoms with van der Waals surface area (Å²) in [4.78, 5) is 4.92. The number of hydrogen-bond donors (Lipinski definition) is 1. The monoisotopic (exact) mass is 309 g/mol. The molecule has 1 aliphatic heterocycles. The summed E-state index contributed by atoms with van der Waals surface area (Å²) in [7, 11) is 2.20. The van der Waals surface area contributed by atoms with Crippen molar-refractivity contribution in [2.45, 2.75) is 39.3 Å². The highest BCUT2D eigenvalue weighted by molar-refractivity contribution is 6.31. The van der Waals surface area contributed by atoms with E-state index < -0.39 is 0 Å². The molecule has 0 spiro atoms. The first kappa shape index (κ1) is 16.6. The molecule has 0 aromatic heterocycles. The van der Waals surface area contributed by atoms with E-state index >= 15 is 0 Å². The van der Waals surface area contributed by atoms with Crippen LogP contribution in [-0.4, -0.2) is 44.2 Å². The maximum atomic E-state index is 6.42. The van der Waals surface area contributed by atoms with E-state index in [2.05, 4.69) is 54.2 Å². The van der Waals surface area contributed by atoms with Gasteiger partial charge in [-0.05, 0) is 43.6 Å². The van der Waals surface area contributed by atoms with Gasteiger partial charge in [-0.2, -0.15) is 0 Å². The van der Waals surface area contributed by atoms with Crippen molar-refractivity contribution in [3.63, 3.8) is 0 Å². The lowest BCUT2D eigenvalue weighted by Gasteiger charge is -2.37. The van der Waals surface area contributed by atoms with Crippen molar-refractivity contribution in [3.8, 4) is 0 Å². The predicted molar refractivity (Wildman–Crippen MR) is 92.4 cm³/mol. The number of nitrogens with zero attached hydrogens (tertiary/aromatic N) is 2. The lowest BCUT2D eigenvalue weighted by atomic mass is 10.0. The average Bonchev–Trinajstić information content (AvgIpc) is 2.53. The second kappa shape index (κ2) is 8.02. The Morgan fingerprint density at radius 2 is 2.00 bits per heavy atom. The molecule has 1 N–H and O–H groups in total. The molecule has 1 aromatic carbocycles. The van der Waals surface area contributed by atoms with E-state index in [1.54, 1.807) is 0 Å². The van der Waals surface area contributed by atoms with Crippen molar-refractivity contribution in [2.75, 3.05) is 38.1 Å². The Labute approximate surface area is 134 Å². The van der Waals surface area contributed by atoms with Crippen molar-refractivity contribution < 1.29 is 0 Å². The smallest absolute Gasteiger partial charge is 0.0471 e. The topological polar surface area (TPSA) is 18.5 Å². The SMILES string of the molecule is CCNCc1ccc(N(C)C2CCN(CC)CC2)cc1Cl. The van der Waals surface area contributed by atoms with Crippen LogP contribution in [0.25, 0.3) is 0 Å². The molecule has 0 bridgehead atoms. The zero-order chi connectivity index (χ0) is 15.2. The van der Waals surface area contributed by atoms with Crippen molar-refractivity contribution in [3.05, 3.63) is 28.8 Å². The Hall–Kier alpha value is -0.770. The molecule has 1 fully saturated rings. The minimum absolute atomic E-state index is 0.628. The van der Waals surface area contributed by atoms with Gasteiger partial charge in [0, 0.05) is 43.4 Å². The Morgan fingerprint density at radius 1 is 1.29 bits per heavy atom. The average molecular weight is 310 g/mol. The summed E-state index contributed by atoms with van der Waals surface area (Å²) in [6.45, 7) is 9.74. The summed E-state index contributed by atoms with van der Waals surface area (Å²) in [5, 5.41) is 4.19. The molecule has 1 heterocycles. The van der Waals surface area contributed by atoms with E-state index in [9.17, 15) is 0 Å².